The second-order valence-electron chi connectivity index (χ2n) is 5.08. The number of aliphatic carboxylic acids is 1. The van der Waals surface area contributed by atoms with Crippen molar-refractivity contribution in [1.82, 2.24) is 9.55 Å². The standard InChI is InChI=1S/C15H20N2O2S/c1-4-5-11(3)17-13-8-10(2)6-7-12(13)16-15(17)20-9-14(18)19/h6-8,11H,4-5,9H2,1-3H3,(H,18,19). The van der Waals surface area contributed by atoms with Gasteiger partial charge in [0.05, 0.1) is 16.8 Å². The topological polar surface area (TPSA) is 55.1 Å². The van der Waals surface area contributed by atoms with E-state index in [4.69, 9.17) is 5.11 Å². The van der Waals surface area contributed by atoms with E-state index < -0.39 is 5.97 Å². The van der Waals surface area contributed by atoms with Gasteiger partial charge in [-0.2, -0.15) is 0 Å². The van der Waals surface area contributed by atoms with E-state index in [1.54, 1.807) is 0 Å². The minimum absolute atomic E-state index is 0.0428. The van der Waals surface area contributed by atoms with Crippen LogP contribution in [0.5, 0.6) is 0 Å². The number of carbonyl (C=O) groups is 1. The molecule has 4 nitrogen and oxygen atoms in total. The highest BCUT2D eigenvalue weighted by atomic mass is 32.2. The van der Waals surface area contributed by atoms with E-state index in [1.165, 1.54) is 17.3 Å². The smallest absolute Gasteiger partial charge is 0.313 e. The molecule has 0 aliphatic rings. The van der Waals surface area contributed by atoms with Gasteiger partial charge in [-0.1, -0.05) is 31.2 Å². The molecule has 0 aliphatic carbocycles. The zero-order chi connectivity index (χ0) is 14.7. The molecule has 1 heterocycles. The molecular weight excluding hydrogens is 272 g/mol. The molecule has 0 bridgehead atoms. The van der Waals surface area contributed by atoms with Gasteiger partial charge < -0.3 is 9.67 Å². The number of carboxylic acids is 1. The Morgan fingerprint density at radius 3 is 2.90 bits per heavy atom. The van der Waals surface area contributed by atoms with Crippen LogP contribution < -0.4 is 0 Å². The Morgan fingerprint density at radius 2 is 2.25 bits per heavy atom. The molecule has 0 fully saturated rings. The van der Waals surface area contributed by atoms with Crippen molar-refractivity contribution in [3.63, 3.8) is 0 Å². The fourth-order valence-corrected chi connectivity index (χ4v) is 3.21. The second kappa shape index (κ2) is 6.31. The first-order valence-electron chi connectivity index (χ1n) is 6.86. The van der Waals surface area contributed by atoms with Crippen LogP contribution in [0.15, 0.2) is 23.4 Å². The van der Waals surface area contributed by atoms with Crippen LogP contribution >= 0.6 is 11.8 Å². The lowest BCUT2D eigenvalue weighted by Crippen LogP contribution is -2.08. The zero-order valence-corrected chi connectivity index (χ0v) is 12.9. The van der Waals surface area contributed by atoms with Gasteiger partial charge in [0.15, 0.2) is 5.16 Å². The molecule has 0 saturated heterocycles. The number of benzene rings is 1. The minimum atomic E-state index is -0.812. The Bertz CT molecular complexity index is 622. The van der Waals surface area contributed by atoms with Crippen LogP contribution in [0.3, 0.4) is 0 Å². The highest BCUT2D eigenvalue weighted by molar-refractivity contribution is 7.99. The number of imidazole rings is 1. The lowest BCUT2D eigenvalue weighted by atomic mass is 10.1. The highest BCUT2D eigenvalue weighted by Gasteiger charge is 2.16. The van der Waals surface area contributed by atoms with E-state index in [0.29, 0.717) is 6.04 Å². The van der Waals surface area contributed by atoms with Crippen LogP contribution in [-0.4, -0.2) is 26.4 Å². The number of carboxylic acid groups (broad SMARTS) is 1. The molecule has 5 heteroatoms. The SMILES string of the molecule is CCCC(C)n1c(SCC(=O)O)nc2ccc(C)cc21. The Labute approximate surface area is 123 Å². The lowest BCUT2D eigenvalue weighted by Gasteiger charge is -2.16. The first kappa shape index (κ1) is 14.9. The van der Waals surface area contributed by atoms with Gasteiger partial charge in [0.2, 0.25) is 0 Å². The molecule has 0 radical (unpaired) electrons. The number of thioether (sulfide) groups is 1. The van der Waals surface area contributed by atoms with Gasteiger partial charge in [0.25, 0.3) is 0 Å². The van der Waals surface area contributed by atoms with Gasteiger partial charge >= 0.3 is 5.97 Å². The fourth-order valence-electron chi connectivity index (χ4n) is 2.38. The summed E-state index contributed by atoms with van der Waals surface area (Å²) in [5.74, 6) is -0.769. The number of hydrogen-bond acceptors (Lipinski definition) is 3. The van der Waals surface area contributed by atoms with Crippen LogP contribution in [0.1, 0.15) is 38.3 Å². The van der Waals surface area contributed by atoms with Crippen molar-refractivity contribution < 1.29 is 9.90 Å². The third kappa shape index (κ3) is 3.15. The van der Waals surface area contributed by atoms with Crippen molar-refractivity contribution in [2.45, 2.75) is 44.8 Å². The van der Waals surface area contributed by atoms with E-state index in [9.17, 15) is 4.79 Å². The van der Waals surface area contributed by atoms with Crippen LogP contribution in [0.25, 0.3) is 11.0 Å². The molecule has 108 valence electrons. The summed E-state index contributed by atoms with van der Waals surface area (Å²) in [7, 11) is 0. The summed E-state index contributed by atoms with van der Waals surface area (Å²) in [6, 6.07) is 6.49. The third-order valence-electron chi connectivity index (χ3n) is 3.28. The number of hydrogen-bond donors (Lipinski definition) is 1. The average Bonchev–Trinajstić information content (AvgIpc) is 2.74. The van der Waals surface area contributed by atoms with Gasteiger partial charge in [-0.3, -0.25) is 4.79 Å². The molecule has 2 aromatic rings. The van der Waals surface area contributed by atoms with Crippen molar-refractivity contribution in [2.24, 2.45) is 0 Å². The number of aryl methyl sites for hydroxylation is 1. The maximum Gasteiger partial charge on any atom is 0.313 e. The largest absolute Gasteiger partial charge is 0.481 e. The molecule has 1 aromatic carbocycles. The van der Waals surface area contributed by atoms with E-state index in [-0.39, 0.29) is 5.75 Å². The van der Waals surface area contributed by atoms with Gasteiger partial charge in [0, 0.05) is 6.04 Å². The van der Waals surface area contributed by atoms with Crippen LogP contribution in [0, 0.1) is 6.92 Å². The molecule has 0 saturated carbocycles. The van der Waals surface area contributed by atoms with Crippen LogP contribution in [-0.2, 0) is 4.79 Å². The number of aromatic nitrogens is 2. The molecule has 1 unspecified atom stereocenters. The normalized spacial score (nSPS) is 12.8. The summed E-state index contributed by atoms with van der Waals surface area (Å²) in [5, 5.41) is 9.67. The molecule has 0 amide bonds. The Morgan fingerprint density at radius 1 is 1.50 bits per heavy atom. The summed E-state index contributed by atoms with van der Waals surface area (Å²) in [4.78, 5) is 15.4. The Balaban J connectivity index is 2.48. The summed E-state index contributed by atoms with van der Waals surface area (Å²) >= 11 is 1.29. The van der Waals surface area contributed by atoms with Gasteiger partial charge in [0.1, 0.15) is 0 Å². The second-order valence-corrected chi connectivity index (χ2v) is 6.02. The van der Waals surface area contributed by atoms with Gasteiger partial charge in [-0.15, -0.1) is 0 Å². The van der Waals surface area contributed by atoms with Gasteiger partial charge in [-0.25, -0.2) is 4.98 Å². The van der Waals surface area contributed by atoms with Crippen molar-refractivity contribution in [3.8, 4) is 0 Å². The molecule has 2 rings (SSSR count). The number of nitrogens with zero attached hydrogens (tertiary/aromatic N) is 2. The maximum atomic E-state index is 10.8. The summed E-state index contributed by atoms with van der Waals surface area (Å²) < 4.78 is 2.18. The fraction of sp³-hybridized carbons (Fsp3) is 0.467. The first-order chi connectivity index (χ1) is 9.52. The summed E-state index contributed by atoms with van der Waals surface area (Å²) in [5.41, 5.74) is 3.22. The molecule has 1 atom stereocenters. The third-order valence-corrected chi connectivity index (χ3v) is 4.22. The molecule has 0 aliphatic heterocycles. The molecule has 1 N–H and O–H groups in total. The number of fused-ring (bicyclic) bond motifs is 1. The van der Waals surface area contributed by atoms with E-state index in [2.05, 4.69) is 36.4 Å². The lowest BCUT2D eigenvalue weighted by molar-refractivity contribution is -0.133. The predicted molar refractivity (Wildman–Crippen MR) is 82.4 cm³/mol. The quantitative estimate of drug-likeness (QED) is 0.821. The minimum Gasteiger partial charge on any atom is -0.481 e. The van der Waals surface area contributed by atoms with E-state index in [1.807, 2.05) is 12.1 Å². The average molecular weight is 292 g/mol. The molecular formula is C15H20N2O2S. The van der Waals surface area contributed by atoms with Crippen molar-refractivity contribution >= 4 is 28.8 Å². The molecule has 20 heavy (non-hydrogen) atoms. The summed E-state index contributed by atoms with van der Waals surface area (Å²) in [6.07, 6.45) is 2.15. The maximum absolute atomic E-state index is 10.8. The van der Waals surface area contributed by atoms with Crippen LogP contribution in [0.2, 0.25) is 0 Å². The Kier molecular flexibility index (Phi) is 4.70. The predicted octanol–water partition coefficient (Wildman–Crippen LogP) is 3.88. The van der Waals surface area contributed by atoms with Crippen molar-refractivity contribution in [2.75, 3.05) is 5.75 Å². The highest BCUT2D eigenvalue weighted by Crippen LogP contribution is 2.30. The van der Waals surface area contributed by atoms with Gasteiger partial charge in [-0.05, 0) is 38.0 Å². The number of rotatable bonds is 6. The summed E-state index contributed by atoms with van der Waals surface area (Å²) in [6.45, 7) is 6.38. The van der Waals surface area contributed by atoms with E-state index in [0.717, 1.165) is 29.0 Å². The molecule has 0 spiro atoms. The monoisotopic (exact) mass is 292 g/mol. The first-order valence-corrected chi connectivity index (χ1v) is 7.84. The van der Waals surface area contributed by atoms with Crippen molar-refractivity contribution in [3.05, 3.63) is 23.8 Å². The van der Waals surface area contributed by atoms with Crippen LogP contribution in [0.4, 0.5) is 0 Å². The Hall–Kier alpha value is -1.49. The van der Waals surface area contributed by atoms with Crippen molar-refractivity contribution in [1.29, 1.82) is 0 Å². The van der Waals surface area contributed by atoms with E-state index >= 15 is 0 Å². The zero-order valence-electron chi connectivity index (χ0n) is 12.1. The molecule has 1 aromatic heterocycles.